The number of aromatic nitrogens is 2. The molecule has 1 aliphatic heterocycles. The maximum absolute atomic E-state index is 12.6. The van der Waals surface area contributed by atoms with Gasteiger partial charge in [-0.1, -0.05) is 0 Å². The van der Waals surface area contributed by atoms with E-state index in [-0.39, 0.29) is 12.0 Å². The Morgan fingerprint density at radius 1 is 1.22 bits per heavy atom. The first-order chi connectivity index (χ1) is 11.2. The van der Waals surface area contributed by atoms with Gasteiger partial charge in [0.15, 0.2) is 0 Å². The van der Waals surface area contributed by atoms with Gasteiger partial charge in [-0.3, -0.25) is 9.69 Å². The molecule has 1 aromatic carbocycles. The Balaban J connectivity index is 1.36. The maximum Gasteiger partial charge on any atom is 0.254 e. The molecule has 1 saturated carbocycles. The molecule has 1 aromatic heterocycles. The summed E-state index contributed by atoms with van der Waals surface area (Å²) >= 11 is 1.17. The summed E-state index contributed by atoms with van der Waals surface area (Å²) in [5.74, 6) is 0.565. The van der Waals surface area contributed by atoms with E-state index >= 15 is 0 Å². The predicted octanol–water partition coefficient (Wildman–Crippen LogP) is 1.22. The molecule has 1 amide bonds. The second kappa shape index (κ2) is 6.14. The summed E-state index contributed by atoms with van der Waals surface area (Å²) in [5, 5.41) is 10.0. The predicted molar refractivity (Wildman–Crippen MR) is 88.5 cm³/mol. The number of hydrogen-bond acceptors (Lipinski definition) is 6. The van der Waals surface area contributed by atoms with Crippen molar-refractivity contribution in [3.63, 3.8) is 0 Å². The number of carbonyl (C=O) groups is 1. The average Bonchev–Trinajstić information content (AvgIpc) is 3.32. The van der Waals surface area contributed by atoms with Gasteiger partial charge in [-0.05, 0) is 37.0 Å². The smallest absolute Gasteiger partial charge is 0.254 e. The van der Waals surface area contributed by atoms with Crippen LogP contribution in [-0.4, -0.2) is 68.4 Å². The minimum absolute atomic E-state index is 0.0577. The molecule has 0 spiro atoms. The lowest BCUT2D eigenvalue weighted by molar-refractivity contribution is 0.0489. The molecule has 2 aliphatic rings. The number of aliphatic hydroxyl groups excluding tert-OH is 1. The van der Waals surface area contributed by atoms with Crippen LogP contribution in [0.4, 0.5) is 0 Å². The van der Waals surface area contributed by atoms with E-state index in [4.69, 9.17) is 0 Å². The van der Waals surface area contributed by atoms with Gasteiger partial charge in [0.2, 0.25) is 0 Å². The van der Waals surface area contributed by atoms with Gasteiger partial charge >= 0.3 is 0 Å². The van der Waals surface area contributed by atoms with Crippen LogP contribution in [0.3, 0.4) is 0 Å². The highest BCUT2D eigenvalue weighted by Crippen LogP contribution is 2.32. The summed E-state index contributed by atoms with van der Waals surface area (Å²) in [7, 11) is 0. The van der Waals surface area contributed by atoms with E-state index in [0.717, 1.165) is 43.5 Å². The van der Waals surface area contributed by atoms with Gasteiger partial charge in [0.25, 0.3) is 5.91 Å². The molecular formula is C16H20N4O2S. The normalized spacial score (nSPS) is 20.8. The van der Waals surface area contributed by atoms with Crippen molar-refractivity contribution < 1.29 is 9.90 Å². The minimum atomic E-state index is -0.197. The second-order valence-corrected chi connectivity index (χ2v) is 6.99. The number of fused-ring (bicyclic) bond motifs is 1. The van der Waals surface area contributed by atoms with Crippen molar-refractivity contribution in [2.45, 2.75) is 18.9 Å². The maximum atomic E-state index is 12.6. The van der Waals surface area contributed by atoms with Crippen LogP contribution in [0.25, 0.3) is 11.0 Å². The zero-order valence-corrected chi connectivity index (χ0v) is 13.7. The second-order valence-electron chi connectivity index (χ2n) is 6.47. The quantitative estimate of drug-likeness (QED) is 0.912. The van der Waals surface area contributed by atoms with E-state index in [9.17, 15) is 9.90 Å². The molecule has 1 saturated heterocycles. The van der Waals surface area contributed by atoms with Crippen LogP contribution in [-0.2, 0) is 0 Å². The fraction of sp³-hybridized carbons (Fsp3) is 0.562. The summed E-state index contributed by atoms with van der Waals surface area (Å²) < 4.78 is 8.36. The molecule has 0 bridgehead atoms. The van der Waals surface area contributed by atoms with Gasteiger partial charge in [-0.2, -0.15) is 8.75 Å². The number of aliphatic hydroxyl groups is 1. The lowest BCUT2D eigenvalue weighted by Gasteiger charge is -2.35. The third-order valence-electron chi connectivity index (χ3n) is 4.77. The number of rotatable bonds is 4. The first-order valence-electron chi connectivity index (χ1n) is 8.13. The van der Waals surface area contributed by atoms with Crippen LogP contribution in [0.5, 0.6) is 0 Å². The molecule has 2 aromatic rings. The minimum Gasteiger partial charge on any atom is -0.392 e. The Hall–Kier alpha value is -1.57. The van der Waals surface area contributed by atoms with Crippen molar-refractivity contribution in [3.8, 4) is 0 Å². The van der Waals surface area contributed by atoms with Gasteiger partial charge in [0.05, 0.1) is 17.8 Å². The molecule has 2 fully saturated rings. The zero-order valence-electron chi connectivity index (χ0n) is 12.9. The monoisotopic (exact) mass is 332 g/mol. The van der Waals surface area contributed by atoms with Gasteiger partial charge in [0, 0.05) is 38.3 Å². The number of benzene rings is 1. The third-order valence-corrected chi connectivity index (χ3v) is 5.33. The van der Waals surface area contributed by atoms with Crippen LogP contribution in [0.1, 0.15) is 23.2 Å². The average molecular weight is 332 g/mol. The largest absolute Gasteiger partial charge is 0.392 e. The van der Waals surface area contributed by atoms with E-state index in [1.54, 1.807) is 0 Å². The first-order valence-corrected chi connectivity index (χ1v) is 8.86. The highest BCUT2D eigenvalue weighted by atomic mass is 32.1. The molecule has 4 rings (SSSR count). The summed E-state index contributed by atoms with van der Waals surface area (Å²) in [4.78, 5) is 16.8. The van der Waals surface area contributed by atoms with E-state index in [0.29, 0.717) is 24.6 Å². The molecule has 122 valence electrons. The number of hydrogen-bond donors (Lipinski definition) is 1. The molecule has 0 unspecified atom stereocenters. The van der Waals surface area contributed by atoms with Crippen LogP contribution in [0, 0.1) is 5.92 Å². The summed E-state index contributed by atoms with van der Waals surface area (Å²) in [6.07, 6.45) is 2.12. The van der Waals surface area contributed by atoms with Crippen LogP contribution in [0.15, 0.2) is 18.2 Å². The lowest BCUT2D eigenvalue weighted by atomic mass is 10.1. The topological polar surface area (TPSA) is 69.6 Å². The first kappa shape index (κ1) is 15.0. The fourth-order valence-electron chi connectivity index (χ4n) is 3.13. The Morgan fingerprint density at radius 2 is 1.96 bits per heavy atom. The molecule has 1 atom stereocenters. The van der Waals surface area contributed by atoms with Crippen molar-refractivity contribution in [1.82, 2.24) is 18.5 Å². The molecule has 1 aliphatic carbocycles. The summed E-state index contributed by atoms with van der Waals surface area (Å²) in [6.45, 7) is 3.82. The third kappa shape index (κ3) is 3.22. The van der Waals surface area contributed by atoms with E-state index in [2.05, 4.69) is 13.6 Å². The number of carbonyl (C=O) groups excluding carboxylic acids is 1. The van der Waals surface area contributed by atoms with Gasteiger partial charge in [-0.15, -0.1) is 0 Å². The highest BCUT2D eigenvalue weighted by Gasteiger charge is 2.32. The van der Waals surface area contributed by atoms with E-state index < -0.39 is 0 Å². The molecule has 1 N–H and O–H groups in total. The Labute approximate surface area is 139 Å². The number of amides is 1. The molecule has 7 heteroatoms. The molecule has 6 nitrogen and oxygen atoms in total. The molecule has 23 heavy (non-hydrogen) atoms. The molecule has 2 heterocycles. The van der Waals surface area contributed by atoms with Crippen LogP contribution < -0.4 is 0 Å². The Kier molecular flexibility index (Phi) is 4.00. The van der Waals surface area contributed by atoms with Crippen molar-refractivity contribution in [2.24, 2.45) is 5.92 Å². The van der Waals surface area contributed by atoms with Crippen LogP contribution in [0.2, 0.25) is 0 Å². The summed E-state index contributed by atoms with van der Waals surface area (Å²) in [5.41, 5.74) is 2.30. The SMILES string of the molecule is O=C(c1ccc2nsnc2c1)N1CCN(C[C@@H](O)C2CC2)CC1. The van der Waals surface area contributed by atoms with Crippen LogP contribution >= 0.6 is 11.7 Å². The van der Waals surface area contributed by atoms with Crippen molar-refractivity contribution in [2.75, 3.05) is 32.7 Å². The van der Waals surface area contributed by atoms with E-state index in [1.807, 2.05) is 23.1 Å². The summed E-state index contributed by atoms with van der Waals surface area (Å²) in [6, 6.07) is 5.51. The standard InChI is InChI=1S/C16H20N4O2S/c21-15(11-1-2-11)10-19-5-7-20(8-6-19)16(22)12-3-4-13-14(9-12)18-23-17-13/h3-4,9,11,15,21H,1-2,5-8,10H2/t15-/m1/s1. The van der Waals surface area contributed by atoms with Gasteiger partial charge in [-0.25, -0.2) is 0 Å². The van der Waals surface area contributed by atoms with Crippen molar-refractivity contribution in [3.05, 3.63) is 23.8 Å². The lowest BCUT2D eigenvalue weighted by Crippen LogP contribution is -2.50. The molecular weight excluding hydrogens is 312 g/mol. The van der Waals surface area contributed by atoms with Crippen molar-refractivity contribution in [1.29, 1.82) is 0 Å². The zero-order chi connectivity index (χ0) is 15.8. The number of piperazine rings is 1. The highest BCUT2D eigenvalue weighted by molar-refractivity contribution is 7.00. The Morgan fingerprint density at radius 3 is 2.70 bits per heavy atom. The van der Waals surface area contributed by atoms with E-state index in [1.165, 1.54) is 11.7 Å². The van der Waals surface area contributed by atoms with Gasteiger partial charge in [0.1, 0.15) is 11.0 Å². The van der Waals surface area contributed by atoms with Crippen molar-refractivity contribution >= 4 is 28.7 Å². The number of β-amino-alcohol motifs (C(OH)–C–C–N with tert-alkyl or cyclic N) is 1. The van der Waals surface area contributed by atoms with Gasteiger partial charge < -0.3 is 10.0 Å². The number of nitrogens with zero attached hydrogens (tertiary/aromatic N) is 4. The fourth-order valence-corrected chi connectivity index (χ4v) is 3.64. The Bertz CT molecular complexity index is 707. The molecule has 0 radical (unpaired) electrons.